The zero-order valence-electron chi connectivity index (χ0n) is 13.4. The Kier molecular flexibility index (Phi) is 7.01. The number of ether oxygens (including phenoxy) is 1. The summed E-state index contributed by atoms with van der Waals surface area (Å²) in [5.74, 6) is 0. The quantitative estimate of drug-likeness (QED) is 0.891. The third kappa shape index (κ3) is 4.07. The van der Waals surface area contributed by atoms with Gasteiger partial charge in [-0.2, -0.15) is 0 Å². The molecule has 2 aliphatic rings. The van der Waals surface area contributed by atoms with Gasteiger partial charge in [-0.15, -0.1) is 29.9 Å². The number of aromatic nitrogens is 3. The SMILES string of the molecule is Cl.Cl.c1ccc(C2Cn3nnc(CN4CCNCC4)c3CO2)cc1. The van der Waals surface area contributed by atoms with Crippen LogP contribution in [0.15, 0.2) is 30.3 Å². The third-order valence-electron chi connectivity index (χ3n) is 4.43. The van der Waals surface area contributed by atoms with Gasteiger partial charge < -0.3 is 10.1 Å². The average Bonchev–Trinajstić information content (AvgIpc) is 2.99. The minimum Gasteiger partial charge on any atom is -0.365 e. The molecule has 1 saturated heterocycles. The molecule has 1 aromatic carbocycles. The van der Waals surface area contributed by atoms with Crippen molar-refractivity contribution in [3.05, 3.63) is 47.3 Å². The molecule has 0 amide bonds. The van der Waals surface area contributed by atoms with E-state index in [1.807, 2.05) is 22.9 Å². The largest absolute Gasteiger partial charge is 0.365 e. The Labute approximate surface area is 154 Å². The van der Waals surface area contributed by atoms with Gasteiger partial charge in [-0.25, -0.2) is 4.68 Å². The Hall–Kier alpha value is -1.18. The number of hydrogen-bond acceptors (Lipinski definition) is 5. The second-order valence-corrected chi connectivity index (χ2v) is 5.90. The van der Waals surface area contributed by atoms with Crippen LogP contribution in [0.25, 0.3) is 0 Å². The van der Waals surface area contributed by atoms with Gasteiger partial charge in [0.25, 0.3) is 0 Å². The number of nitrogens with zero attached hydrogens (tertiary/aromatic N) is 4. The number of benzene rings is 1. The van der Waals surface area contributed by atoms with Crippen molar-refractivity contribution in [3.63, 3.8) is 0 Å². The molecule has 1 N–H and O–H groups in total. The second kappa shape index (κ2) is 8.78. The van der Waals surface area contributed by atoms with E-state index in [-0.39, 0.29) is 30.9 Å². The summed E-state index contributed by atoms with van der Waals surface area (Å²) in [6.07, 6.45) is 0.0717. The highest BCUT2D eigenvalue weighted by molar-refractivity contribution is 5.85. The lowest BCUT2D eigenvalue weighted by Crippen LogP contribution is -2.43. The molecule has 4 rings (SSSR count). The Bertz CT molecular complexity index is 631. The molecule has 6 nitrogen and oxygen atoms in total. The maximum Gasteiger partial charge on any atom is 0.103 e. The van der Waals surface area contributed by atoms with Gasteiger partial charge in [-0.3, -0.25) is 4.90 Å². The molecule has 1 fully saturated rings. The number of rotatable bonds is 3. The van der Waals surface area contributed by atoms with Gasteiger partial charge in [0, 0.05) is 32.7 Å². The van der Waals surface area contributed by atoms with Gasteiger partial charge in [-0.1, -0.05) is 35.5 Å². The first kappa shape index (κ1) is 19.1. The molecule has 0 radical (unpaired) electrons. The zero-order valence-corrected chi connectivity index (χ0v) is 15.1. The molecule has 0 spiro atoms. The molecular formula is C16H23Cl2N5O. The Morgan fingerprint density at radius 2 is 1.88 bits per heavy atom. The lowest BCUT2D eigenvalue weighted by atomic mass is 10.1. The van der Waals surface area contributed by atoms with Crippen LogP contribution in [0.5, 0.6) is 0 Å². The maximum atomic E-state index is 6.05. The van der Waals surface area contributed by atoms with Crippen LogP contribution in [-0.4, -0.2) is 46.1 Å². The predicted octanol–water partition coefficient (Wildman–Crippen LogP) is 1.80. The number of piperazine rings is 1. The molecule has 0 saturated carbocycles. The molecule has 24 heavy (non-hydrogen) atoms. The minimum atomic E-state index is 0. The molecule has 1 atom stereocenters. The lowest BCUT2D eigenvalue weighted by Gasteiger charge is -2.28. The summed E-state index contributed by atoms with van der Waals surface area (Å²) >= 11 is 0. The molecule has 8 heteroatoms. The molecule has 1 aromatic heterocycles. The van der Waals surface area contributed by atoms with E-state index in [0.29, 0.717) is 6.61 Å². The van der Waals surface area contributed by atoms with Crippen molar-refractivity contribution in [3.8, 4) is 0 Å². The van der Waals surface area contributed by atoms with Crippen LogP contribution < -0.4 is 5.32 Å². The summed E-state index contributed by atoms with van der Waals surface area (Å²) < 4.78 is 8.06. The van der Waals surface area contributed by atoms with Crippen LogP contribution in [0.1, 0.15) is 23.1 Å². The Morgan fingerprint density at radius 3 is 2.62 bits per heavy atom. The highest BCUT2D eigenvalue weighted by Crippen LogP contribution is 2.27. The van der Waals surface area contributed by atoms with Crippen LogP contribution in [0.4, 0.5) is 0 Å². The average molecular weight is 372 g/mol. The number of hydrogen-bond donors (Lipinski definition) is 1. The number of halogens is 2. The maximum absolute atomic E-state index is 6.05. The van der Waals surface area contributed by atoms with Crippen LogP contribution in [0.3, 0.4) is 0 Å². The van der Waals surface area contributed by atoms with Crippen LogP contribution in [0, 0.1) is 0 Å². The summed E-state index contributed by atoms with van der Waals surface area (Å²) in [5.41, 5.74) is 3.39. The van der Waals surface area contributed by atoms with Gasteiger partial charge in [0.2, 0.25) is 0 Å². The van der Waals surface area contributed by atoms with Gasteiger partial charge in [0.05, 0.1) is 18.8 Å². The topological polar surface area (TPSA) is 55.2 Å². The molecule has 2 aromatic rings. The fourth-order valence-corrected chi connectivity index (χ4v) is 3.14. The molecule has 2 aliphatic heterocycles. The summed E-state index contributed by atoms with van der Waals surface area (Å²) in [6.45, 7) is 6.45. The number of fused-ring (bicyclic) bond motifs is 1. The smallest absolute Gasteiger partial charge is 0.103 e. The van der Waals surface area contributed by atoms with Crippen LogP contribution in [-0.2, 0) is 24.4 Å². The molecule has 3 heterocycles. The van der Waals surface area contributed by atoms with Crippen molar-refractivity contribution in [1.29, 1.82) is 0 Å². The fourth-order valence-electron chi connectivity index (χ4n) is 3.14. The summed E-state index contributed by atoms with van der Waals surface area (Å²) in [6, 6.07) is 10.3. The monoisotopic (exact) mass is 371 g/mol. The highest BCUT2D eigenvalue weighted by atomic mass is 35.5. The van der Waals surface area contributed by atoms with Gasteiger partial charge >= 0.3 is 0 Å². The van der Waals surface area contributed by atoms with Crippen LogP contribution in [0.2, 0.25) is 0 Å². The highest BCUT2D eigenvalue weighted by Gasteiger charge is 2.25. The summed E-state index contributed by atoms with van der Waals surface area (Å²) in [7, 11) is 0. The molecule has 132 valence electrons. The van der Waals surface area contributed by atoms with Gasteiger partial charge in [0.1, 0.15) is 11.8 Å². The van der Waals surface area contributed by atoms with E-state index < -0.39 is 0 Å². The second-order valence-electron chi connectivity index (χ2n) is 5.90. The Morgan fingerprint density at radius 1 is 1.12 bits per heavy atom. The third-order valence-corrected chi connectivity index (χ3v) is 4.43. The van der Waals surface area contributed by atoms with E-state index in [9.17, 15) is 0 Å². The zero-order chi connectivity index (χ0) is 14.8. The van der Waals surface area contributed by atoms with Crippen molar-refractivity contribution in [2.45, 2.75) is 25.8 Å². The summed E-state index contributed by atoms with van der Waals surface area (Å²) in [5, 5.41) is 12.1. The molecular weight excluding hydrogens is 349 g/mol. The van der Waals surface area contributed by atoms with Crippen LogP contribution >= 0.6 is 24.8 Å². The number of nitrogens with one attached hydrogen (secondary N) is 1. The van der Waals surface area contributed by atoms with Crippen molar-refractivity contribution in [2.75, 3.05) is 26.2 Å². The summed E-state index contributed by atoms with van der Waals surface area (Å²) in [4.78, 5) is 2.42. The van der Waals surface area contributed by atoms with E-state index >= 15 is 0 Å². The van der Waals surface area contributed by atoms with E-state index in [1.165, 1.54) is 5.56 Å². The van der Waals surface area contributed by atoms with E-state index in [1.54, 1.807) is 0 Å². The first-order chi connectivity index (χ1) is 10.9. The normalized spacial score (nSPS) is 20.6. The molecule has 0 bridgehead atoms. The Balaban J connectivity index is 0.00000104. The van der Waals surface area contributed by atoms with Gasteiger partial charge in [-0.05, 0) is 5.56 Å². The van der Waals surface area contributed by atoms with Crippen molar-refractivity contribution >= 4 is 24.8 Å². The van der Waals surface area contributed by atoms with Crippen molar-refractivity contribution in [1.82, 2.24) is 25.2 Å². The fraction of sp³-hybridized carbons (Fsp3) is 0.500. The molecule has 1 unspecified atom stereocenters. The van der Waals surface area contributed by atoms with Crippen molar-refractivity contribution in [2.24, 2.45) is 0 Å². The molecule has 0 aliphatic carbocycles. The predicted molar refractivity (Wildman–Crippen MR) is 96.6 cm³/mol. The lowest BCUT2D eigenvalue weighted by molar-refractivity contribution is -0.00212. The van der Waals surface area contributed by atoms with Gasteiger partial charge in [0.15, 0.2) is 0 Å². The minimum absolute atomic E-state index is 0. The standard InChI is InChI=1S/C16H21N5O.2ClH/c1-2-4-13(5-3-1)16-11-21-15(12-22-16)14(18-19-21)10-20-8-6-17-7-9-20;;/h1-5,16-17H,6-12H2;2*1H. The van der Waals surface area contributed by atoms with E-state index in [0.717, 1.165) is 50.7 Å². The van der Waals surface area contributed by atoms with Crippen molar-refractivity contribution < 1.29 is 4.74 Å². The first-order valence-electron chi connectivity index (χ1n) is 7.91. The van der Waals surface area contributed by atoms with E-state index in [2.05, 4.69) is 32.7 Å². The van der Waals surface area contributed by atoms with E-state index in [4.69, 9.17) is 4.74 Å². The first-order valence-corrected chi connectivity index (χ1v) is 7.91.